The van der Waals surface area contributed by atoms with Crippen LogP contribution >= 0.6 is 11.3 Å². The Morgan fingerprint density at radius 2 is 1.62 bits per heavy atom. The Kier molecular flexibility index (Phi) is 5.27. The molecule has 21 heavy (non-hydrogen) atoms. The third-order valence-electron chi connectivity index (χ3n) is 4.57. The number of carbonyl (C=O) groups excluding carboxylic acids is 1. The first-order valence-electron chi connectivity index (χ1n) is 8.10. The van der Waals surface area contributed by atoms with Gasteiger partial charge in [0, 0.05) is 39.3 Å². The maximum absolute atomic E-state index is 12.3. The molecule has 0 aliphatic carbocycles. The van der Waals surface area contributed by atoms with Gasteiger partial charge in [0.15, 0.2) is 0 Å². The zero-order valence-electron chi connectivity index (χ0n) is 12.7. The SMILES string of the molecule is O=C(c1cccs1)N1CCN(CCN2CCCCC2)CC1. The van der Waals surface area contributed by atoms with Crippen LogP contribution < -0.4 is 0 Å². The van der Waals surface area contributed by atoms with E-state index in [1.54, 1.807) is 11.3 Å². The minimum atomic E-state index is 0.209. The first-order chi connectivity index (χ1) is 10.3. The number of nitrogens with zero attached hydrogens (tertiary/aromatic N) is 3. The Hall–Kier alpha value is -0.910. The minimum absolute atomic E-state index is 0.209. The molecular formula is C16H25N3OS. The van der Waals surface area contributed by atoms with Crippen molar-refractivity contribution in [3.05, 3.63) is 22.4 Å². The van der Waals surface area contributed by atoms with Gasteiger partial charge in [-0.25, -0.2) is 0 Å². The smallest absolute Gasteiger partial charge is 0.264 e. The Bertz CT molecular complexity index is 434. The zero-order chi connectivity index (χ0) is 14.5. The lowest BCUT2D eigenvalue weighted by atomic mass is 10.1. The van der Waals surface area contributed by atoms with Crippen molar-refractivity contribution < 1.29 is 4.79 Å². The summed E-state index contributed by atoms with van der Waals surface area (Å²) in [7, 11) is 0. The van der Waals surface area contributed by atoms with E-state index < -0.39 is 0 Å². The van der Waals surface area contributed by atoms with E-state index in [0.29, 0.717) is 0 Å². The van der Waals surface area contributed by atoms with E-state index in [1.807, 2.05) is 22.4 Å². The number of carbonyl (C=O) groups is 1. The molecule has 5 heteroatoms. The van der Waals surface area contributed by atoms with Crippen molar-refractivity contribution in [2.24, 2.45) is 0 Å². The normalized spacial score (nSPS) is 21.6. The van der Waals surface area contributed by atoms with Crippen LogP contribution in [0.5, 0.6) is 0 Å². The molecule has 0 radical (unpaired) electrons. The fourth-order valence-electron chi connectivity index (χ4n) is 3.20. The molecule has 0 aromatic carbocycles. The Morgan fingerprint density at radius 3 is 2.24 bits per heavy atom. The molecule has 0 unspecified atom stereocenters. The van der Waals surface area contributed by atoms with Crippen LogP contribution in [0.4, 0.5) is 0 Å². The van der Waals surface area contributed by atoms with Crippen LogP contribution in [0.3, 0.4) is 0 Å². The molecular weight excluding hydrogens is 282 g/mol. The second-order valence-electron chi connectivity index (χ2n) is 6.01. The van der Waals surface area contributed by atoms with Crippen LogP contribution in [0.2, 0.25) is 0 Å². The second-order valence-corrected chi connectivity index (χ2v) is 6.96. The first-order valence-corrected chi connectivity index (χ1v) is 8.98. The predicted octanol–water partition coefficient (Wildman–Crippen LogP) is 1.99. The fraction of sp³-hybridized carbons (Fsp3) is 0.688. The molecule has 2 aliphatic rings. The lowest BCUT2D eigenvalue weighted by molar-refractivity contribution is 0.0623. The van der Waals surface area contributed by atoms with Crippen LogP contribution in [0, 0.1) is 0 Å². The number of rotatable bonds is 4. The van der Waals surface area contributed by atoms with Gasteiger partial charge in [-0.1, -0.05) is 12.5 Å². The van der Waals surface area contributed by atoms with Crippen molar-refractivity contribution in [1.82, 2.24) is 14.7 Å². The summed E-state index contributed by atoms with van der Waals surface area (Å²) in [6, 6.07) is 3.88. The van der Waals surface area contributed by atoms with E-state index >= 15 is 0 Å². The number of hydrogen-bond acceptors (Lipinski definition) is 4. The summed E-state index contributed by atoms with van der Waals surface area (Å²) >= 11 is 1.54. The molecule has 3 heterocycles. The van der Waals surface area contributed by atoms with Crippen molar-refractivity contribution >= 4 is 17.2 Å². The van der Waals surface area contributed by atoms with Crippen LogP contribution in [-0.2, 0) is 0 Å². The van der Waals surface area contributed by atoms with E-state index in [1.165, 1.54) is 38.9 Å². The van der Waals surface area contributed by atoms with Gasteiger partial charge in [-0.2, -0.15) is 0 Å². The molecule has 0 saturated carbocycles. The molecule has 2 aliphatic heterocycles. The summed E-state index contributed by atoms with van der Waals surface area (Å²) in [6.45, 7) is 8.68. The summed E-state index contributed by atoms with van der Waals surface area (Å²) in [5.74, 6) is 0.209. The van der Waals surface area contributed by atoms with Gasteiger partial charge >= 0.3 is 0 Å². The van der Waals surface area contributed by atoms with E-state index in [4.69, 9.17) is 0 Å². The third-order valence-corrected chi connectivity index (χ3v) is 5.43. The van der Waals surface area contributed by atoms with Gasteiger partial charge in [0.1, 0.15) is 0 Å². The molecule has 0 bridgehead atoms. The van der Waals surface area contributed by atoms with E-state index in [-0.39, 0.29) is 5.91 Å². The van der Waals surface area contributed by atoms with Crippen molar-refractivity contribution in [2.45, 2.75) is 19.3 Å². The molecule has 2 fully saturated rings. The largest absolute Gasteiger partial charge is 0.335 e. The van der Waals surface area contributed by atoms with Gasteiger partial charge < -0.3 is 9.80 Å². The molecule has 3 rings (SSSR count). The van der Waals surface area contributed by atoms with Gasteiger partial charge in [0.2, 0.25) is 0 Å². The quantitative estimate of drug-likeness (QED) is 0.851. The third kappa shape index (κ3) is 4.05. The van der Waals surface area contributed by atoms with E-state index in [9.17, 15) is 4.79 Å². The van der Waals surface area contributed by atoms with Crippen molar-refractivity contribution in [1.29, 1.82) is 0 Å². The van der Waals surface area contributed by atoms with Gasteiger partial charge in [0.05, 0.1) is 4.88 Å². The lowest BCUT2D eigenvalue weighted by Gasteiger charge is -2.36. The number of likely N-dealkylation sites (tertiary alicyclic amines) is 1. The first kappa shape index (κ1) is 15.0. The standard InChI is InChI=1S/C16H25N3OS/c20-16(15-5-4-14-21-15)19-12-10-18(11-13-19)9-8-17-6-2-1-3-7-17/h4-5,14H,1-3,6-13H2. The van der Waals surface area contributed by atoms with Crippen molar-refractivity contribution in [3.8, 4) is 0 Å². The molecule has 1 amide bonds. The van der Waals surface area contributed by atoms with E-state index in [2.05, 4.69) is 9.80 Å². The topological polar surface area (TPSA) is 26.8 Å². The molecule has 1 aromatic heterocycles. The highest BCUT2D eigenvalue weighted by Crippen LogP contribution is 2.14. The van der Waals surface area contributed by atoms with Gasteiger partial charge in [-0.15, -0.1) is 11.3 Å². The molecule has 116 valence electrons. The Morgan fingerprint density at radius 1 is 0.952 bits per heavy atom. The fourth-order valence-corrected chi connectivity index (χ4v) is 3.89. The molecule has 4 nitrogen and oxygen atoms in total. The van der Waals surface area contributed by atoms with Gasteiger partial charge in [-0.05, 0) is 37.4 Å². The summed E-state index contributed by atoms with van der Waals surface area (Å²) in [5, 5.41) is 1.97. The summed E-state index contributed by atoms with van der Waals surface area (Å²) in [6.07, 6.45) is 4.13. The maximum Gasteiger partial charge on any atom is 0.264 e. The van der Waals surface area contributed by atoms with E-state index in [0.717, 1.165) is 37.6 Å². The molecule has 2 saturated heterocycles. The highest BCUT2D eigenvalue weighted by molar-refractivity contribution is 7.12. The average molecular weight is 307 g/mol. The van der Waals surface area contributed by atoms with Crippen molar-refractivity contribution in [3.63, 3.8) is 0 Å². The van der Waals surface area contributed by atoms with Crippen LogP contribution in [0.15, 0.2) is 17.5 Å². The Labute approximate surface area is 131 Å². The summed E-state index contributed by atoms with van der Waals surface area (Å²) in [4.78, 5) is 20.3. The summed E-state index contributed by atoms with van der Waals surface area (Å²) in [5.41, 5.74) is 0. The van der Waals surface area contributed by atoms with Crippen LogP contribution in [-0.4, -0.2) is 73.0 Å². The van der Waals surface area contributed by atoms with Gasteiger partial charge in [0.25, 0.3) is 5.91 Å². The Balaban J connectivity index is 1.39. The zero-order valence-corrected chi connectivity index (χ0v) is 13.5. The minimum Gasteiger partial charge on any atom is -0.335 e. The lowest BCUT2D eigenvalue weighted by Crippen LogP contribution is -2.50. The highest BCUT2D eigenvalue weighted by Gasteiger charge is 2.22. The number of thiophene rings is 1. The van der Waals surface area contributed by atoms with Crippen molar-refractivity contribution in [2.75, 3.05) is 52.4 Å². The highest BCUT2D eigenvalue weighted by atomic mass is 32.1. The second kappa shape index (κ2) is 7.38. The predicted molar refractivity (Wildman–Crippen MR) is 87.0 cm³/mol. The van der Waals surface area contributed by atoms with Crippen LogP contribution in [0.25, 0.3) is 0 Å². The van der Waals surface area contributed by atoms with Crippen LogP contribution in [0.1, 0.15) is 28.9 Å². The molecule has 1 aromatic rings. The molecule has 0 spiro atoms. The number of amides is 1. The monoisotopic (exact) mass is 307 g/mol. The number of hydrogen-bond donors (Lipinski definition) is 0. The number of piperazine rings is 1. The number of piperidine rings is 1. The molecule has 0 atom stereocenters. The maximum atomic E-state index is 12.3. The summed E-state index contributed by atoms with van der Waals surface area (Å²) < 4.78 is 0. The van der Waals surface area contributed by atoms with Gasteiger partial charge in [-0.3, -0.25) is 9.69 Å². The molecule has 0 N–H and O–H groups in total. The average Bonchev–Trinajstić information content (AvgIpc) is 3.08.